The zero-order chi connectivity index (χ0) is 18.1. The fourth-order valence-corrected chi connectivity index (χ4v) is 2.78. The Kier molecular flexibility index (Phi) is 10.3. The summed E-state index contributed by atoms with van der Waals surface area (Å²) >= 11 is 0. The van der Waals surface area contributed by atoms with E-state index in [2.05, 4.69) is 26.7 Å². The van der Waals surface area contributed by atoms with Gasteiger partial charge in [-0.1, -0.05) is 6.07 Å². The van der Waals surface area contributed by atoms with Crippen LogP contribution in [0.5, 0.6) is 0 Å². The Hall–Kier alpha value is -1.58. The number of nitrogens with zero attached hydrogens (tertiary/aromatic N) is 3. The SMILES string of the molecule is CCOC(=O)N1CCC(NC(=NC)NCCc2ccc(C)nc2)CC1.I. The van der Waals surface area contributed by atoms with Gasteiger partial charge in [0.15, 0.2) is 5.96 Å². The molecule has 26 heavy (non-hydrogen) atoms. The number of aryl methyl sites for hydroxylation is 1. The van der Waals surface area contributed by atoms with Crippen molar-refractivity contribution < 1.29 is 9.53 Å². The molecule has 0 spiro atoms. The van der Waals surface area contributed by atoms with E-state index in [9.17, 15) is 4.79 Å². The maximum atomic E-state index is 11.7. The third-order valence-electron chi connectivity index (χ3n) is 4.26. The molecular weight excluding hydrogens is 445 g/mol. The van der Waals surface area contributed by atoms with Gasteiger partial charge in [-0.3, -0.25) is 9.98 Å². The molecule has 0 aliphatic carbocycles. The molecule has 1 amide bonds. The molecule has 0 aromatic carbocycles. The van der Waals surface area contributed by atoms with E-state index in [0.717, 1.165) is 37.5 Å². The number of amides is 1. The molecule has 2 rings (SSSR count). The van der Waals surface area contributed by atoms with E-state index in [1.807, 2.05) is 26.1 Å². The van der Waals surface area contributed by atoms with Crippen molar-refractivity contribution in [1.82, 2.24) is 20.5 Å². The maximum absolute atomic E-state index is 11.7. The largest absolute Gasteiger partial charge is 0.450 e. The van der Waals surface area contributed by atoms with E-state index in [1.54, 1.807) is 11.9 Å². The average molecular weight is 475 g/mol. The number of carbonyl (C=O) groups is 1. The van der Waals surface area contributed by atoms with Crippen LogP contribution in [0.3, 0.4) is 0 Å². The molecule has 0 radical (unpaired) electrons. The summed E-state index contributed by atoms with van der Waals surface area (Å²) < 4.78 is 5.05. The van der Waals surface area contributed by atoms with Crippen LogP contribution in [0, 0.1) is 6.92 Å². The molecule has 0 saturated carbocycles. The number of hydrogen-bond acceptors (Lipinski definition) is 4. The van der Waals surface area contributed by atoms with Crippen LogP contribution in [0.4, 0.5) is 4.79 Å². The zero-order valence-corrected chi connectivity index (χ0v) is 18.2. The fourth-order valence-electron chi connectivity index (χ4n) is 2.78. The average Bonchev–Trinajstić information content (AvgIpc) is 2.63. The first-order chi connectivity index (χ1) is 12.1. The van der Waals surface area contributed by atoms with Crippen LogP contribution >= 0.6 is 24.0 Å². The van der Waals surface area contributed by atoms with Crippen molar-refractivity contribution in [3.63, 3.8) is 0 Å². The number of hydrogen-bond donors (Lipinski definition) is 2. The molecule has 2 N–H and O–H groups in total. The monoisotopic (exact) mass is 475 g/mol. The number of piperidine rings is 1. The van der Waals surface area contributed by atoms with Gasteiger partial charge in [-0.2, -0.15) is 0 Å². The van der Waals surface area contributed by atoms with Gasteiger partial charge in [-0.25, -0.2) is 4.79 Å². The third kappa shape index (κ3) is 7.35. The van der Waals surface area contributed by atoms with Crippen molar-refractivity contribution in [3.05, 3.63) is 29.6 Å². The number of likely N-dealkylation sites (tertiary alicyclic amines) is 1. The van der Waals surface area contributed by atoms with Crippen LogP contribution in [-0.4, -0.2) is 61.3 Å². The van der Waals surface area contributed by atoms with Gasteiger partial charge in [0.05, 0.1) is 6.61 Å². The Morgan fingerprint density at radius 2 is 2.12 bits per heavy atom. The van der Waals surface area contributed by atoms with Crippen molar-refractivity contribution in [2.45, 2.75) is 39.2 Å². The highest BCUT2D eigenvalue weighted by Crippen LogP contribution is 2.11. The molecule has 1 aliphatic rings. The minimum atomic E-state index is -0.213. The smallest absolute Gasteiger partial charge is 0.409 e. The summed E-state index contributed by atoms with van der Waals surface area (Å²) in [7, 11) is 1.77. The van der Waals surface area contributed by atoms with Gasteiger partial charge in [-0.15, -0.1) is 24.0 Å². The summed E-state index contributed by atoms with van der Waals surface area (Å²) in [5.41, 5.74) is 2.24. The molecule has 1 aromatic heterocycles. The summed E-state index contributed by atoms with van der Waals surface area (Å²) in [4.78, 5) is 22.1. The van der Waals surface area contributed by atoms with Gasteiger partial charge in [-0.05, 0) is 44.7 Å². The lowest BCUT2D eigenvalue weighted by atomic mass is 10.1. The highest BCUT2D eigenvalue weighted by Gasteiger charge is 2.23. The van der Waals surface area contributed by atoms with Crippen molar-refractivity contribution in [2.24, 2.45) is 4.99 Å². The molecule has 0 atom stereocenters. The van der Waals surface area contributed by atoms with E-state index >= 15 is 0 Å². The Balaban J connectivity index is 0.00000338. The van der Waals surface area contributed by atoms with Gasteiger partial charge in [0.2, 0.25) is 0 Å². The number of halogens is 1. The second kappa shape index (κ2) is 11.9. The van der Waals surface area contributed by atoms with Crippen LogP contribution in [0.2, 0.25) is 0 Å². The predicted molar refractivity (Wildman–Crippen MR) is 114 cm³/mol. The van der Waals surface area contributed by atoms with Crippen LogP contribution in [0.15, 0.2) is 23.3 Å². The number of nitrogens with one attached hydrogen (secondary N) is 2. The normalized spacial score (nSPS) is 15.2. The molecule has 2 heterocycles. The first kappa shape index (κ1) is 22.5. The molecular formula is C18H30IN5O2. The van der Waals surface area contributed by atoms with E-state index in [1.165, 1.54) is 5.56 Å². The maximum Gasteiger partial charge on any atom is 0.409 e. The molecule has 146 valence electrons. The van der Waals surface area contributed by atoms with Gasteiger partial charge in [0.1, 0.15) is 0 Å². The lowest BCUT2D eigenvalue weighted by molar-refractivity contribution is 0.0963. The number of ether oxygens (including phenoxy) is 1. The zero-order valence-electron chi connectivity index (χ0n) is 15.8. The first-order valence-electron chi connectivity index (χ1n) is 8.92. The molecule has 0 unspecified atom stereocenters. The van der Waals surface area contributed by atoms with E-state index in [-0.39, 0.29) is 30.1 Å². The van der Waals surface area contributed by atoms with E-state index in [0.29, 0.717) is 25.7 Å². The highest BCUT2D eigenvalue weighted by molar-refractivity contribution is 14.0. The summed E-state index contributed by atoms with van der Waals surface area (Å²) in [6.45, 7) is 6.46. The van der Waals surface area contributed by atoms with Gasteiger partial charge >= 0.3 is 6.09 Å². The van der Waals surface area contributed by atoms with Crippen molar-refractivity contribution in [3.8, 4) is 0 Å². The van der Waals surface area contributed by atoms with Crippen molar-refractivity contribution in [2.75, 3.05) is 33.3 Å². The second-order valence-electron chi connectivity index (χ2n) is 6.16. The molecule has 1 aliphatic heterocycles. The van der Waals surface area contributed by atoms with Crippen molar-refractivity contribution >= 4 is 36.0 Å². The number of aromatic nitrogens is 1. The number of aliphatic imine (C=N–C) groups is 1. The quantitative estimate of drug-likeness (QED) is 0.389. The molecule has 1 saturated heterocycles. The molecule has 1 fully saturated rings. The predicted octanol–water partition coefficient (Wildman–Crippen LogP) is 2.34. The molecule has 7 nitrogen and oxygen atoms in total. The number of rotatable bonds is 5. The summed E-state index contributed by atoms with van der Waals surface area (Å²) in [6, 6.07) is 4.45. The lowest BCUT2D eigenvalue weighted by Crippen LogP contribution is -2.50. The van der Waals surface area contributed by atoms with E-state index < -0.39 is 0 Å². The number of guanidine groups is 1. The summed E-state index contributed by atoms with van der Waals surface area (Å²) in [5, 5.41) is 6.78. The topological polar surface area (TPSA) is 78.8 Å². The molecule has 8 heteroatoms. The Morgan fingerprint density at radius 1 is 1.38 bits per heavy atom. The lowest BCUT2D eigenvalue weighted by Gasteiger charge is -2.32. The third-order valence-corrected chi connectivity index (χ3v) is 4.26. The first-order valence-corrected chi connectivity index (χ1v) is 8.92. The highest BCUT2D eigenvalue weighted by atomic mass is 127. The Morgan fingerprint density at radius 3 is 2.69 bits per heavy atom. The standard InChI is InChI=1S/C18H29N5O2.HI/c1-4-25-18(24)23-11-8-16(9-12-23)22-17(19-3)20-10-7-15-6-5-14(2)21-13-15;/h5-6,13,16H,4,7-12H2,1-3H3,(H2,19,20,22);1H. The summed E-state index contributed by atoms with van der Waals surface area (Å²) in [5.74, 6) is 0.801. The minimum absolute atomic E-state index is 0. The number of pyridine rings is 1. The van der Waals surface area contributed by atoms with Gasteiger partial charge in [0.25, 0.3) is 0 Å². The molecule has 0 bridgehead atoms. The van der Waals surface area contributed by atoms with E-state index in [4.69, 9.17) is 4.74 Å². The fraction of sp³-hybridized carbons (Fsp3) is 0.611. The van der Waals surface area contributed by atoms with Crippen molar-refractivity contribution in [1.29, 1.82) is 0 Å². The van der Waals surface area contributed by atoms with Gasteiger partial charge in [0, 0.05) is 44.6 Å². The van der Waals surface area contributed by atoms with Crippen LogP contribution in [-0.2, 0) is 11.2 Å². The molecule has 1 aromatic rings. The van der Waals surface area contributed by atoms with Crippen LogP contribution < -0.4 is 10.6 Å². The summed E-state index contributed by atoms with van der Waals surface area (Å²) in [6.07, 6.45) is 4.38. The van der Waals surface area contributed by atoms with Crippen LogP contribution in [0.25, 0.3) is 0 Å². The second-order valence-corrected chi connectivity index (χ2v) is 6.16. The Bertz CT molecular complexity index is 571. The Labute approximate surface area is 173 Å². The van der Waals surface area contributed by atoms with Gasteiger partial charge < -0.3 is 20.3 Å². The number of carbonyl (C=O) groups excluding carboxylic acids is 1. The minimum Gasteiger partial charge on any atom is -0.450 e. The van der Waals surface area contributed by atoms with Crippen LogP contribution in [0.1, 0.15) is 31.0 Å².